The minimum Gasteiger partial charge on any atom is -0.506 e. The standard InChI is InChI=1S/C14H14BrNO/c1-14(15)8-6-11(7-9-14)10-16-12-4-2-3-5-13(12)17/h2-8,10,17H,9H2,1H3. The molecule has 1 aromatic carbocycles. The maximum atomic E-state index is 9.56. The van der Waals surface area contributed by atoms with Crippen LogP contribution in [0.15, 0.2) is 53.1 Å². The molecule has 3 heteroatoms. The Labute approximate surface area is 110 Å². The number of rotatable bonds is 2. The lowest BCUT2D eigenvalue weighted by Crippen LogP contribution is -2.13. The SMILES string of the molecule is CC1(Br)C=CC(C=Nc2ccccc2O)=CC1. The third kappa shape index (κ3) is 3.30. The number of phenolic OH excluding ortho intramolecular Hbond substituents is 1. The van der Waals surface area contributed by atoms with Gasteiger partial charge in [-0.3, -0.25) is 4.99 Å². The van der Waals surface area contributed by atoms with Crippen molar-refractivity contribution >= 4 is 27.8 Å². The Morgan fingerprint density at radius 3 is 2.82 bits per heavy atom. The Balaban J connectivity index is 2.11. The number of hydrogen-bond acceptors (Lipinski definition) is 2. The summed E-state index contributed by atoms with van der Waals surface area (Å²) in [6, 6.07) is 7.05. The van der Waals surface area contributed by atoms with E-state index in [1.807, 2.05) is 12.1 Å². The Bertz CT molecular complexity index is 501. The highest BCUT2D eigenvalue weighted by Gasteiger charge is 2.17. The Morgan fingerprint density at radius 2 is 2.18 bits per heavy atom. The number of nitrogens with zero attached hydrogens (tertiary/aromatic N) is 1. The molecule has 2 nitrogen and oxygen atoms in total. The third-order valence-electron chi connectivity index (χ3n) is 2.59. The molecule has 0 bridgehead atoms. The van der Waals surface area contributed by atoms with Crippen LogP contribution in [0.25, 0.3) is 0 Å². The lowest BCUT2D eigenvalue weighted by atomic mass is 9.99. The van der Waals surface area contributed by atoms with Crippen molar-refractivity contribution in [3.05, 3.63) is 48.1 Å². The highest BCUT2D eigenvalue weighted by molar-refractivity contribution is 9.10. The molecule has 0 saturated heterocycles. The molecular weight excluding hydrogens is 278 g/mol. The van der Waals surface area contributed by atoms with Gasteiger partial charge < -0.3 is 5.11 Å². The maximum Gasteiger partial charge on any atom is 0.141 e. The average molecular weight is 292 g/mol. The van der Waals surface area contributed by atoms with Crippen LogP contribution in [-0.4, -0.2) is 15.6 Å². The summed E-state index contributed by atoms with van der Waals surface area (Å²) >= 11 is 3.61. The first kappa shape index (κ1) is 12.1. The molecule has 1 aliphatic carbocycles. The van der Waals surface area contributed by atoms with Gasteiger partial charge in [-0.2, -0.15) is 0 Å². The van der Waals surface area contributed by atoms with Crippen molar-refractivity contribution in [2.24, 2.45) is 4.99 Å². The van der Waals surface area contributed by atoms with Crippen LogP contribution in [-0.2, 0) is 0 Å². The molecule has 0 fully saturated rings. The number of halogens is 1. The normalized spacial score (nSPS) is 24.0. The van der Waals surface area contributed by atoms with Gasteiger partial charge in [0.1, 0.15) is 11.4 Å². The second-order valence-electron chi connectivity index (χ2n) is 4.27. The van der Waals surface area contributed by atoms with Crippen molar-refractivity contribution in [2.45, 2.75) is 17.7 Å². The van der Waals surface area contributed by atoms with E-state index in [0.717, 1.165) is 12.0 Å². The van der Waals surface area contributed by atoms with E-state index < -0.39 is 0 Å². The molecule has 17 heavy (non-hydrogen) atoms. The topological polar surface area (TPSA) is 32.6 Å². The van der Waals surface area contributed by atoms with Gasteiger partial charge >= 0.3 is 0 Å². The maximum absolute atomic E-state index is 9.56. The van der Waals surface area contributed by atoms with E-state index in [4.69, 9.17) is 0 Å². The second-order valence-corrected chi connectivity index (χ2v) is 6.08. The van der Waals surface area contributed by atoms with E-state index in [-0.39, 0.29) is 10.1 Å². The highest BCUT2D eigenvalue weighted by atomic mass is 79.9. The third-order valence-corrected chi connectivity index (χ3v) is 3.18. The van der Waals surface area contributed by atoms with Gasteiger partial charge in [0.05, 0.1) is 0 Å². The van der Waals surface area contributed by atoms with Crippen molar-refractivity contribution in [1.82, 2.24) is 0 Å². The van der Waals surface area contributed by atoms with Crippen molar-refractivity contribution in [2.75, 3.05) is 0 Å². The van der Waals surface area contributed by atoms with E-state index in [1.54, 1.807) is 24.4 Å². The monoisotopic (exact) mass is 291 g/mol. The summed E-state index contributed by atoms with van der Waals surface area (Å²) in [5.41, 5.74) is 1.65. The predicted molar refractivity (Wildman–Crippen MR) is 75.4 cm³/mol. The summed E-state index contributed by atoms with van der Waals surface area (Å²) in [7, 11) is 0. The zero-order valence-electron chi connectivity index (χ0n) is 9.60. The molecule has 88 valence electrons. The number of para-hydroxylation sites is 2. The summed E-state index contributed by atoms with van der Waals surface area (Å²) in [5, 5.41) is 9.56. The molecule has 0 saturated carbocycles. The summed E-state index contributed by atoms with van der Waals surface area (Å²) in [6.07, 6.45) is 8.97. The molecular formula is C14H14BrNO. The summed E-state index contributed by atoms with van der Waals surface area (Å²) < 4.78 is 0.0548. The predicted octanol–water partition coefficient (Wildman–Crippen LogP) is 4.13. The molecule has 0 amide bonds. The van der Waals surface area contributed by atoms with Crippen LogP contribution in [0, 0.1) is 0 Å². The molecule has 2 rings (SSSR count). The fourth-order valence-electron chi connectivity index (χ4n) is 1.54. The Kier molecular flexibility index (Phi) is 3.48. The number of aliphatic imine (C=N–C) groups is 1. The van der Waals surface area contributed by atoms with Crippen LogP contribution in [0.3, 0.4) is 0 Å². The quantitative estimate of drug-likeness (QED) is 0.645. The largest absolute Gasteiger partial charge is 0.506 e. The van der Waals surface area contributed by atoms with Gasteiger partial charge in [-0.1, -0.05) is 46.3 Å². The number of benzene rings is 1. The van der Waals surface area contributed by atoms with Gasteiger partial charge in [0, 0.05) is 10.5 Å². The lowest BCUT2D eigenvalue weighted by Gasteiger charge is -2.19. The zero-order chi connectivity index (χ0) is 12.3. The smallest absolute Gasteiger partial charge is 0.141 e. The number of aromatic hydroxyl groups is 1. The molecule has 0 aliphatic heterocycles. The number of hydrogen-bond donors (Lipinski definition) is 1. The first-order valence-corrected chi connectivity index (χ1v) is 6.26. The van der Waals surface area contributed by atoms with Crippen LogP contribution < -0.4 is 0 Å². The van der Waals surface area contributed by atoms with Crippen LogP contribution in [0.1, 0.15) is 13.3 Å². The molecule has 1 unspecified atom stereocenters. The van der Waals surface area contributed by atoms with Crippen LogP contribution in [0.2, 0.25) is 0 Å². The van der Waals surface area contributed by atoms with Crippen molar-refractivity contribution in [3.63, 3.8) is 0 Å². The number of phenols is 1. The van der Waals surface area contributed by atoms with Gasteiger partial charge in [-0.25, -0.2) is 0 Å². The average Bonchev–Trinajstić information content (AvgIpc) is 2.30. The molecule has 0 radical (unpaired) electrons. The van der Waals surface area contributed by atoms with E-state index in [2.05, 4.69) is 40.0 Å². The van der Waals surface area contributed by atoms with Crippen LogP contribution >= 0.6 is 15.9 Å². The fraction of sp³-hybridized carbons (Fsp3) is 0.214. The zero-order valence-corrected chi connectivity index (χ0v) is 11.2. The van der Waals surface area contributed by atoms with E-state index >= 15 is 0 Å². The summed E-state index contributed by atoms with van der Waals surface area (Å²) in [5.74, 6) is 0.203. The van der Waals surface area contributed by atoms with Crippen LogP contribution in [0.4, 0.5) is 5.69 Å². The summed E-state index contributed by atoms with van der Waals surface area (Å²) in [6.45, 7) is 2.12. The van der Waals surface area contributed by atoms with Gasteiger partial charge in [-0.05, 0) is 31.1 Å². The van der Waals surface area contributed by atoms with Gasteiger partial charge in [0.25, 0.3) is 0 Å². The van der Waals surface area contributed by atoms with E-state index in [9.17, 15) is 5.11 Å². The number of allylic oxidation sites excluding steroid dienone is 4. The van der Waals surface area contributed by atoms with Gasteiger partial charge in [0.15, 0.2) is 0 Å². The van der Waals surface area contributed by atoms with Crippen molar-refractivity contribution in [3.8, 4) is 5.75 Å². The minimum atomic E-state index is 0.0548. The van der Waals surface area contributed by atoms with Crippen LogP contribution in [0.5, 0.6) is 5.75 Å². The summed E-state index contributed by atoms with van der Waals surface area (Å²) in [4.78, 5) is 4.27. The number of alkyl halides is 1. The van der Waals surface area contributed by atoms with Gasteiger partial charge in [-0.15, -0.1) is 0 Å². The molecule has 1 aliphatic rings. The van der Waals surface area contributed by atoms with Crippen molar-refractivity contribution in [1.29, 1.82) is 0 Å². The lowest BCUT2D eigenvalue weighted by molar-refractivity contribution is 0.477. The molecule has 0 aromatic heterocycles. The first-order chi connectivity index (χ1) is 8.07. The fourth-order valence-corrected chi connectivity index (χ4v) is 1.83. The first-order valence-electron chi connectivity index (χ1n) is 5.47. The van der Waals surface area contributed by atoms with E-state index in [1.165, 1.54) is 0 Å². The Morgan fingerprint density at radius 1 is 1.41 bits per heavy atom. The molecule has 0 spiro atoms. The van der Waals surface area contributed by atoms with Gasteiger partial charge in [0.2, 0.25) is 0 Å². The molecule has 1 atom stereocenters. The molecule has 0 heterocycles. The van der Waals surface area contributed by atoms with E-state index in [0.29, 0.717) is 5.69 Å². The second kappa shape index (κ2) is 4.88. The Hall–Kier alpha value is -1.35. The molecule has 1 aromatic rings. The molecule has 1 N–H and O–H groups in total. The van der Waals surface area contributed by atoms with Crippen molar-refractivity contribution < 1.29 is 5.11 Å². The highest BCUT2D eigenvalue weighted by Crippen LogP contribution is 2.29. The minimum absolute atomic E-state index is 0.0548.